The molecule has 0 saturated carbocycles. The second kappa shape index (κ2) is 15.7. The number of para-hydroxylation sites is 1. The molecule has 3 aromatic rings. The van der Waals surface area contributed by atoms with E-state index in [0.29, 0.717) is 18.8 Å². The summed E-state index contributed by atoms with van der Waals surface area (Å²) in [5, 5.41) is 11.4. The van der Waals surface area contributed by atoms with E-state index in [1.165, 1.54) is 9.79 Å². The summed E-state index contributed by atoms with van der Waals surface area (Å²) in [7, 11) is -2.21. The molecule has 2 aromatic carbocycles. The third kappa shape index (κ3) is 8.09. The number of nitrogens with zero attached hydrogens (tertiary/aromatic N) is 3. The SMILES string of the molecule is COc1ccc(S(=O)(=O)N2Cc3c(c4ccccc4n3CC(=O)NCCCN3CCOCC3)C(C)(C)C2)cc1.Cl.O=CNO. The molecule has 1 saturated heterocycles. The Morgan fingerprint density at radius 1 is 1.11 bits per heavy atom. The van der Waals surface area contributed by atoms with Crippen molar-refractivity contribution in [3.63, 3.8) is 0 Å². The number of benzene rings is 2. The van der Waals surface area contributed by atoms with Gasteiger partial charge in [0.15, 0.2) is 0 Å². The third-order valence-electron chi connectivity index (χ3n) is 7.78. The molecule has 0 aliphatic carbocycles. The van der Waals surface area contributed by atoms with Gasteiger partial charge in [-0.3, -0.25) is 19.7 Å². The molecule has 0 radical (unpaired) electrons. The van der Waals surface area contributed by atoms with Crippen LogP contribution in [0, 0.1) is 0 Å². The van der Waals surface area contributed by atoms with Crippen molar-refractivity contribution in [2.75, 3.05) is 53.0 Å². The van der Waals surface area contributed by atoms with Crippen molar-refractivity contribution >= 4 is 45.7 Å². The van der Waals surface area contributed by atoms with E-state index in [1.807, 2.05) is 22.8 Å². The minimum atomic E-state index is -3.76. The number of hydrogen-bond donors (Lipinski definition) is 3. The van der Waals surface area contributed by atoms with Crippen LogP contribution in [0.3, 0.4) is 0 Å². The number of carbonyl (C=O) groups excluding carboxylic acids is 2. The first-order valence-corrected chi connectivity index (χ1v) is 15.7. The average molecular weight is 652 g/mol. The Morgan fingerprint density at radius 3 is 2.41 bits per heavy atom. The number of hydroxylamine groups is 1. The standard InChI is InChI=1S/C29H38N4O5S.CH3NO2.ClH/c1-29(2)21-32(39(35,36)23-11-9-22(37-3)10-12-23)19-26-28(29)24-7-4-5-8-25(24)33(26)20-27(34)30-13-6-14-31-15-17-38-18-16-31;3-1-2-4;/h4-5,7-12H,6,13-21H2,1-3H3,(H,30,34);1,4H,(H,2,3);1H. The van der Waals surface area contributed by atoms with Crippen molar-refractivity contribution in [2.45, 2.75) is 43.7 Å². The summed E-state index contributed by atoms with van der Waals surface area (Å²) < 4.78 is 41.6. The number of fused-ring (bicyclic) bond motifs is 3. The van der Waals surface area contributed by atoms with Crippen molar-refractivity contribution < 1.29 is 32.7 Å². The quantitative estimate of drug-likeness (QED) is 0.131. The van der Waals surface area contributed by atoms with Gasteiger partial charge in [0.25, 0.3) is 0 Å². The molecule has 1 aromatic heterocycles. The molecule has 14 heteroatoms. The first-order chi connectivity index (χ1) is 20.6. The van der Waals surface area contributed by atoms with E-state index in [0.717, 1.165) is 61.4 Å². The monoisotopic (exact) mass is 651 g/mol. The van der Waals surface area contributed by atoms with Crippen LogP contribution in [0.15, 0.2) is 53.4 Å². The van der Waals surface area contributed by atoms with E-state index < -0.39 is 15.4 Å². The number of rotatable bonds is 10. The van der Waals surface area contributed by atoms with Gasteiger partial charge in [-0.05, 0) is 48.9 Å². The van der Waals surface area contributed by atoms with Gasteiger partial charge < -0.3 is 19.4 Å². The molecule has 2 aliphatic rings. The predicted molar refractivity (Wildman–Crippen MR) is 169 cm³/mol. The van der Waals surface area contributed by atoms with Crippen molar-refractivity contribution in [2.24, 2.45) is 0 Å². The summed E-state index contributed by atoms with van der Waals surface area (Å²) in [6.07, 6.45) is 1.05. The number of methoxy groups -OCH3 is 1. The maximum atomic E-state index is 13.7. The highest BCUT2D eigenvalue weighted by atomic mass is 35.5. The third-order valence-corrected chi connectivity index (χ3v) is 9.59. The van der Waals surface area contributed by atoms with Crippen LogP contribution in [0.25, 0.3) is 10.9 Å². The Hall–Kier alpha value is -3.20. The lowest BCUT2D eigenvalue weighted by molar-refractivity contribution is -0.121. The summed E-state index contributed by atoms with van der Waals surface area (Å²) in [6, 6.07) is 14.5. The highest BCUT2D eigenvalue weighted by Gasteiger charge is 2.41. The second-order valence-electron chi connectivity index (χ2n) is 11.2. The molecule has 44 heavy (non-hydrogen) atoms. The molecule has 1 fully saturated rings. The minimum Gasteiger partial charge on any atom is -0.497 e. The highest BCUT2D eigenvalue weighted by molar-refractivity contribution is 7.89. The van der Waals surface area contributed by atoms with Crippen LogP contribution in [0.5, 0.6) is 5.75 Å². The van der Waals surface area contributed by atoms with Crippen molar-refractivity contribution in [1.29, 1.82) is 0 Å². The van der Waals surface area contributed by atoms with Gasteiger partial charge in [0, 0.05) is 48.2 Å². The summed E-state index contributed by atoms with van der Waals surface area (Å²) in [4.78, 5) is 24.5. The summed E-state index contributed by atoms with van der Waals surface area (Å²) >= 11 is 0. The van der Waals surface area contributed by atoms with Gasteiger partial charge in [-0.1, -0.05) is 32.0 Å². The maximum Gasteiger partial charge on any atom is 0.243 e. The van der Waals surface area contributed by atoms with Crippen LogP contribution in [0.2, 0.25) is 0 Å². The van der Waals surface area contributed by atoms with Crippen LogP contribution >= 0.6 is 12.4 Å². The van der Waals surface area contributed by atoms with Gasteiger partial charge in [-0.2, -0.15) is 4.31 Å². The van der Waals surface area contributed by atoms with Gasteiger partial charge in [-0.15, -0.1) is 12.4 Å². The van der Waals surface area contributed by atoms with Crippen LogP contribution < -0.4 is 15.5 Å². The maximum absolute atomic E-state index is 13.7. The first-order valence-electron chi connectivity index (χ1n) is 14.3. The lowest BCUT2D eigenvalue weighted by atomic mass is 9.80. The van der Waals surface area contributed by atoms with E-state index in [9.17, 15) is 13.2 Å². The van der Waals surface area contributed by atoms with Crippen LogP contribution in [-0.4, -0.2) is 92.8 Å². The topological polar surface area (TPSA) is 142 Å². The molecule has 2 amide bonds. The van der Waals surface area contributed by atoms with Crippen LogP contribution in [0.4, 0.5) is 0 Å². The molecule has 0 bridgehead atoms. The highest BCUT2D eigenvalue weighted by Crippen LogP contribution is 2.42. The van der Waals surface area contributed by atoms with E-state index in [-0.39, 0.29) is 42.7 Å². The fourth-order valence-electron chi connectivity index (χ4n) is 5.82. The number of ether oxygens (including phenoxy) is 2. The van der Waals surface area contributed by atoms with Crippen molar-refractivity contribution in [1.82, 2.24) is 24.6 Å². The molecule has 0 spiro atoms. The summed E-state index contributed by atoms with van der Waals surface area (Å²) in [5.74, 6) is 0.528. The Kier molecular flexibility index (Phi) is 12.6. The summed E-state index contributed by atoms with van der Waals surface area (Å²) in [6.45, 7) is 9.75. The number of nitrogens with one attached hydrogen (secondary N) is 2. The normalized spacial score (nSPS) is 16.5. The molecular weight excluding hydrogens is 610 g/mol. The Balaban J connectivity index is 0.000000998. The molecule has 0 unspecified atom stereocenters. The predicted octanol–water partition coefficient (Wildman–Crippen LogP) is 2.51. The van der Waals surface area contributed by atoms with E-state index >= 15 is 0 Å². The Bertz CT molecular complexity index is 1510. The fourth-order valence-corrected chi connectivity index (χ4v) is 7.38. The van der Waals surface area contributed by atoms with Crippen molar-refractivity contribution in [3.05, 3.63) is 59.8 Å². The molecule has 3 N–H and O–H groups in total. The van der Waals surface area contributed by atoms with Gasteiger partial charge in [-0.25, -0.2) is 13.9 Å². The lowest BCUT2D eigenvalue weighted by Gasteiger charge is -2.38. The lowest BCUT2D eigenvalue weighted by Crippen LogP contribution is -2.45. The molecule has 0 atom stereocenters. The molecule has 3 heterocycles. The Labute approximate surface area is 264 Å². The van der Waals surface area contributed by atoms with E-state index in [4.69, 9.17) is 19.5 Å². The number of carbonyl (C=O) groups is 2. The fraction of sp³-hybridized carbons (Fsp3) is 0.467. The number of sulfonamides is 1. The van der Waals surface area contributed by atoms with Crippen LogP contribution in [0.1, 0.15) is 31.5 Å². The largest absolute Gasteiger partial charge is 0.497 e. The first kappa shape index (κ1) is 35.3. The molecule has 2 aliphatic heterocycles. The molecule has 12 nitrogen and oxygen atoms in total. The number of halogens is 1. The zero-order valence-electron chi connectivity index (χ0n) is 25.3. The zero-order valence-corrected chi connectivity index (χ0v) is 27.0. The van der Waals surface area contributed by atoms with Gasteiger partial charge in [0.1, 0.15) is 12.3 Å². The summed E-state index contributed by atoms with van der Waals surface area (Å²) in [5.41, 5.74) is 3.72. The number of hydrogen-bond acceptors (Lipinski definition) is 8. The Morgan fingerprint density at radius 2 is 1.77 bits per heavy atom. The average Bonchev–Trinajstić information content (AvgIpc) is 3.33. The van der Waals surface area contributed by atoms with Gasteiger partial charge in [0.2, 0.25) is 22.3 Å². The molecule has 242 valence electrons. The van der Waals surface area contributed by atoms with E-state index in [1.54, 1.807) is 31.4 Å². The number of morpholine rings is 1. The van der Waals surface area contributed by atoms with E-state index in [2.05, 4.69) is 30.1 Å². The second-order valence-corrected chi connectivity index (χ2v) is 13.1. The number of aromatic nitrogens is 1. The van der Waals surface area contributed by atoms with Gasteiger partial charge in [0.05, 0.1) is 31.8 Å². The van der Waals surface area contributed by atoms with Crippen molar-refractivity contribution in [3.8, 4) is 5.75 Å². The molecule has 5 rings (SSSR count). The zero-order chi connectivity index (χ0) is 31.0. The minimum absolute atomic E-state index is 0. The van der Waals surface area contributed by atoms with Crippen LogP contribution in [-0.2, 0) is 42.9 Å². The van der Waals surface area contributed by atoms with Gasteiger partial charge >= 0.3 is 0 Å². The smallest absolute Gasteiger partial charge is 0.243 e. The molecular formula is C30H42ClN5O7S. The number of amides is 2.